The summed E-state index contributed by atoms with van der Waals surface area (Å²) < 4.78 is 14.1. The minimum Gasteiger partial charge on any atom is -0.330 e. The number of nitrogens with two attached hydrogens (primary N) is 1. The molecule has 0 aliphatic rings. The van der Waals surface area contributed by atoms with Crippen LogP contribution in [0.4, 0.5) is 10.1 Å². The maximum Gasteiger partial charge on any atom is 0.224 e. The Morgan fingerprint density at radius 3 is 2.89 bits per heavy atom. The van der Waals surface area contributed by atoms with Crippen LogP contribution in [0.25, 0.3) is 0 Å². The highest BCUT2D eigenvalue weighted by Gasteiger charge is 2.09. The topological polar surface area (TPSA) is 55.1 Å². The van der Waals surface area contributed by atoms with Crippen LogP contribution in [0.15, 0.2) is 22.7 Å². The molecule has 1 atom stereocenters. The van der Waals surface area contributed by atoms with Crippen LogP contribution in [-0.2, 0) is 4.79 Å². The fourth-order valence-corrected chi connectivity index (χ4v) is 1.97. The maximum atomic E-state index is 13.4. The maximum absolute atomic E-state index is 13.4. The molecule has 1 unspecified atom stereocenters. The van der Waals surface area contributed by atoms with Crippen LogP contribution in [0.3, 0.4) is 0 Å². The van der Waals surface area contributed by atoms with Crippen molar-refractivity contribution in [3.05, 3.63) is 28.5 Å². The average Bonchev–Trinajstić information content (AvgIpc) is 2.32. The van der Waals surface area contributed by atoms with Crippen LogP contribution in [0.5, 0.6) is 0 Å². The fourth-order valence-electron chi connectivity index (χ4n) is 1.61. The molecule has 0 aliphatic carbocycles. The summed E-state index contributed by atoms with van der Waals surface area (Å²) in [7, 11) is 0. The molecule has 0 spiro atoms. The smallest absolute Gasteiger partial charge is 0.224 e. The largest absolute Gasteiger partial charge is 0.330 e. The van der Waals surface area contributed by atoms with Crippen molar-refractivity contribution in [1.82, 2.24) is 0 Å². The zero-order valence-corrected chi connectivity index (χ0v) is 12.0. The van der Waals surface area contributed by atoms with Gasteiger partial charge in [-0.15, -0.1) is 0 Å². The summed E-state index contributed by atoms with van der Waals surface area (Å²) in [4.78, 5) is 11.7. The highest BCUT2D eigenvalue weighted by Crippen LogP contribution is 2.20. The molecule has 1 aromatic carbocycles. The molecular formula is C13H18BrFN2O. The van der Waals surface area contributed by atoms with Crippen LogP contribution in [-0.4, -0.2) is 12.5 Å². The Labute approximate surface area is 115 Å². The first-order valence-electron chi connectivity index (χ1n) is 5.98. The summed E-state index contributed by atoms with van der Waals surface area (Å²) in [5, 5.41) is 2.57. The molecule has 0 saturated carbocycles. The standard InChI is InChI=1S/C13H18BrFN2O/c1-9(6-7-16)2-5-13(18)17-12-8-10(14)3-4-11(12)15/h3-4,8-9H,2,5-7,16H2,1H3,(H,17,18). The summed E-state index contributed by atoms with van der Waals surface area (Å²) in [5.74, 6) is -0.189. The lowest BCUT2D eigenvalue weighted by atomic mass is 10.0. The van der Waals surface area contributed by atoms with E-state index in [1.54, 1.807) is 12.1 Å². The molecule has 0 fully saturated rings. The van der Waals surface area contributed by atoms with E-state index >= 15 is 0 Å². The van der Waals surface area contributed by atoms with Crippen molar-refractivity contribution >= 4 is 27.5 Å². The van der Waals surface area contributed by atoms with E-state index in [0.29, 0.717) is 18.9 Å². The number of anilines is 1. The third kappa shape index (κ3) is 5.14. The number of amides is 1. The van der Waals surface area contributed by atoms with Crippen LogP contribution in [0.2, 0.25) is 0 Å². The van der Waals surface area contributed by atoms with Crippen LogP contribution >= 0.6 is 15.9 Å². The lowest BCUT2D eigenvalue weighted by molar-refractivity contribution is -0.116. The summed E-state index contributed by atoms with van der Waals surface area (Å²) in [6.07, 6.45) is 2.05. The van der Waals surface area contributed by atoms with Gasteiger partial charge in [0.15, 0.2) is 0 Å². The zero-order chi connectivity index (χ0) is 13.5. The van der Waals surface area contributed by atoms with Gasteiger partial charge in [-0.1, -0.05) is 22.9 Å². The Hall–Kier alpha value is -0.940. The molecule has 5 heteroatoms. The highest BCUT2D eigenvalue weighted by molar-refractivity contribution is 9.10. The molecule has 0 radical (unpaired) electrons. The van der Waals surface area contributed by atoms with Gasteiger partial charge in [-0.3, -0.25) is 4.79 Å². The van der Waals surface area contributed by atoms with Crippen molar-refractivity contribution < 1.29 is 9.18 Å². The lowest BCUT2D eigenvalue weighted by Crippen LogP contribution is -2.14. The van der Waals surface area contributed by atoms with E-state index in [1.165, 1.54) is 6.07 Å². The van der Waals surface area contributed by atoms with Gasteiger partial charge in [-0.05, 0) is 43.5 Å². The zero-order valence-electron chi connectivity index (χ0n) is 10.4. The van der Waals surface area contributed by atoms with Gasteiger partial charge in [-0.2, -0.15) is 0 Å². The van der Waals surface area contributed by atoms with E-state index in [0.717, 1.165) is 17.3 Å². The van der Waals surface area contributed by atoms with Crippen molar-refractivity contribution in [2.75, 3.05) is 11.9 Å². The molecule has 1 rings (SSSR count). The van der Waals surface area contributed by atoms with Gasteiger partial charge < -0.3 is 11.1 Å². The summed E-state index contributed by atoms with van der Waals surface area (Å²) in [5.41, 5.74) is 5.65. The summed E-state index contributed by atoms with van der Waals surface area (Å²) in [6, 6.07) is 4.46. The number of halogens is 2. The Bertz CT molecular complexity index is 412. The Balaban J connectivity index is 2.47. The molecular weight excluding hydrogens is 299 g/mol. The van der Waals surface area contributed by atoms with Crippen molar-refractivity contribution in [3.63, 3.8) is 0 Å². The molecule has 0 heterocycles. The second-order valence-corrected chi connectivity index (χ2v) is 5.31. The third-order valence-electron chi connectivity index (χ3n) is 2.73. The SMILES string of the molecule is CC(CCN)CCC(=O)Nc1cc(Br)ccc1F. The first-order valence-corrected chi connectivity index (χ1v) is 6.77. The number of nitrogens with one attached hydrogen (secondary N) is 1. The average molecular weight is 317 g/mol. The van der Waals surface area contributed by atoms with Crippen LogP contribution < -0.4 is 11.1 Å². The first-order chi connectivity index (χ1) is 8.52. The molecule has 1 amide bonds. The predicted molar refractivity (Wildman–Crippen MR) is 74.8 cm³/mol. The number of hydrogen-bond donors (Lipinski definition) is 2. The molecule has 0 aliphatic heterocycles. The monoisotopic (exact) mass is 316 g/mol. The van der Waals surface area contributed by atoms with Gasteiger partial charge >= 0.3 is 0 Å². The first kappa shape index (κ1) is 15.1. The number of rotatable bonds is 6. The molecule has 0 bridgehead atoms. The molecule has 100 valence electrons. The minimum absolute atomic E-state index is 0.170. The van der Waals surface area contributed by atoms with Crippen molar-refractivity contribution in [3.8, 4) is 0 Å². The van der Waals surface area contributed by atoms with Crippen molar-refractivity contribution in [1.29, 1.82) is 0 Å². The second kappa shape index (κ2) is 7.48. The fraction of sp³-hybridized carbons (Fsp3) is 0.462. The van der Waals surface area contributed by atoms with Gasteiger partial charge in [-0.25, -0.2) is 4.39 Å². The highest BCUT2D eigenvalue weighted by atomic mass is 79.9. The predicted octanol–water partition coefficient (Wildman–Crippen LogP) is 3.29. The molecule has 3 nitrogen and oxygen atoms in total. The molecule has 3 N–H and O–H groups in total. The molecule has 1 aromatic rings. The van der Waals surface area contributed by atoms with Crippen LogP contribution in [0, 0.1) is 11.7 Å². The van der Waals surface area contributed by atoms with Crippen LogP contribution in [0.1, 0.15) is 26.2 Å². The number of benzene rings is 1. The number of carbonyl (C=O) groups is 1. The molecule has 0 aromatic heterocycles. The van der Waals surface area contributed by atoms with E-state index < -0.39 is 5.82 Å². The number of carbonyl (C=O) groups excluding carboxylic acids is 1. The summed E-state index contributed by atoms with van der Waals surface area (Å²) >= 11 is 3.24. The van der Waals surface area contributed by atoms with Gasteiger partial charge in [0.2, 0.25) is 5.91 Å². The van der Waals surface area contributed by atoms with E-state index in [9.17, 15) is 9.18 Å². The van der Waals surface area contributed by atoms with E-state index in [2.05, 4.69) is 28.2 Å². The normalized spacial score (nSPS) is 12.2. The van der Waals surface area contributed by atoms with Gasteiger partial charge in [0, 0.05) is 10.9 Å². The quantitative estimate of drug-likeness (QED) is 0.846. The molecule has 0 saturated heterocycles. The second-order valence-electron chi connectivity index (χ2n) is 4.39. The van der Waals surface area contributed by atoms with E-state index in [-0.39, 0.29) is 11.6 Å². The molecule has 18 heavy (non-hydrogen) atoms. The lowest BCUT2D eigenvalue weighted by Gasteiger charge is -2.10. The third-order valence-corrected chi connectivity index (χ3v) is 3.22. The minimum atomic E-state index is -0.429. The van der Waals surface area contributed by atoms with E-state index in [4.69, 9.17) is 5.73 Å². The van der Waals surface area contributed by atoms with E-state index in [1.807, 2.05) is 0 Å². The van der Waals surface area contributed by atoms with Gasteiger partial charge in [0.1, 0.15) is 5.82 Å². The Kier molecular flexibility index (Phi) is 6.29. The van der Waals surface area contributed by atoms with Gasteiger partial charge in [0.25, 0.3) is 0 Å². The van der Waals surface area contributed by atoms with Gasteiger partial charge in [0.05, 0.1) is 5.69 Å². The van der Waals surface area contributed by atoms with Crippen molar-refractivity contribution in [2.45, 2.75) is 26.2 Å². The Morgan fingerprint density at radius 1 is 1.50 bits per heavy atom. The number of hydrogen-bond acceptors (Lipinski definition) is 2. The Morgan fingerprint density at radius 2 is 2.22 bits per heavy atom. The summed E-state index contributed by atoms with van der Waals surface area (Å²) in [6.45, 7) is 2.68. The van der Waals surface area contributed by atoms with Crippen molar-refractivity contribution in [2.24, 2.45) is 11.7 Å².